The Balaban J connectivity index is 0.844. The lowest BCUT2D eigenvalue weighted by molar-refractivity contribution is -0.245. The van der Waals surface area contributed by atoms with Crippen molar-refractivity contribution in [2.45, 2.75) is 127 Å². The van der Waals surface area contributed by atoms with Gasteiger partial charge in [0.25, 0.3) is 11.8 Å². The lowest BCUT2D eigenvalue weighted by Gasteiger charge is -2.43. The highest BCUT2D eigenvalue weighted by atomic mass is 32.2. The Hall–Kier alpha value is -7.84. The van der Waals surface area contributed by atoms with Crippen molar-refractivity contribution in [2.24, 2.45) is 10.8 Å². The molecule has 8 rings (SSSR count). The SMILES string of the molecule is COc1cccc2c1C(=O)c1c(O)c3c(c(O)c1C2=O)C[C@](O)(/C(CO)=N\NC(=O)CCCCCN1C(=O)C=C(SCC(NC(=O)CCC(=O)N(Cc2ccccc2C)c2ccccc2C)C(=O)O)C1=O)C[C@H]3O[C@@H]1C[C@@H](N)[C@@H](O)[C@@H](C)O1. The molecule has 7 atom stereocenters. The largest absolute Gasteiger partial charge is 0.507 e. The van der Waals surface area contributed by atoms with E-state index in [1.165, 1.54) is 25.3 Å². The topological polar surface area (TPSA) is 355 Å². The number of nitrogens with one attached hydrogen (secondary N) is 2. The predicted molar refractivity (Wildman–Crippen MR) is 300 cm³/mol. The molecule has 1 unspecified atom stereocenters. The minimum absolute atomic E-state index is 0.0311. The first-order valence-corrected chi connectivity index (χ1v) is 28.0. The van der Waals surface area contributed by atoms with Crippen molar-refractivity contribution in [1.29, 1.82) is 0 Å². The van der Waals surface area contributed by atoms with Gasteiger partial charge in [0.05, 0.1) is 65.9 Å². The number of aliphatic hydroxyl groups is 3. The molecule has 2 heterocycles. The number of anilines is 1. The van der Waals surface area contributed by atoms with Crippen LogP contribution in [0, 0.1) is 13.8 Å². The van der Waals surface area contributed by atoms with Gasteiger partial charge >= 0.3 is 5.97 Å². The minimum atomic E-state index is -2.25. The number of benzene rings is 4. The molecule has 0 saturated carbocycles. The molecule has 10 N–H and O–H groups in total. The van der Waals surface area contributed by atoms with E-state index < -0.39 is 131 Å². The number of nitrogens with zero attached hydrogens (tertiary/aromatic N) is 3. The van der Waals surface area contributed by atoms with Crippen LogP contribution >= 0.6 is 11.8 Å². The van der Waals surface area contributed by atoms with Crippen molar-refractivity contribution in [1.82, 2.24) is 15.6 Å². The fourth-order valence-electron chi connectivity index (χ4n) is 10.7. The van der Waals surface area contributed by atoms with Crippen LogP contribution in [-0.4, -0.2) is 151 Å². The molecule has 0 spiro atoms. The maximum Gasteiger partial charge on any atom is 0.327 e. The number of aliphatic carboxylic acids is 1. The number of imide groups is 1. The van der Waals surface area contributed by atoms with Gasteiger partial charge in [-0.3, -0.25) is 38.5 Å². The van der Waals surface area contributed by atoms with Crippen molar-refractivity contribution in [2.75, 3.05) is 30.9 Å². The second-order valence-electron chi connectivity index (χ2n) is 20.9. The third-order valence-electron chi connectivity index (χ3n) is 15.3. The molecule has 4 aromatic carbocycles. The number of unbranched alkanes of at least 4 members (excludes halogenated alkanes) is 2. The van der Waals surface area contributed by atoms with Gasteiger partial charge in [0.15, 0.2) is 12.1 Å². The van der Waals surface area contributed by atoms with Crippen molar-refractivity contribution in [3.63, 3.8) is 0 Å². The quantitative estimate of drug-likeness (QED) is 0.0148. The first kappa shape index (κ1) is 61.2. The van der Waals surface area contributed by atoms with E-state index in [2.05, 4.69) is 15.8 Å². The second-order valence-corrected chi connectivity index (χ2v) is 22.0. The molecule has 4 aliphatic rings. The van der Waals surface area contributed by atoms with Gasteiger partial charge in [0.2, 0.25) is 23.5 Å². The van der Waals surface area contributed by atoms with E-state index in [0.717, 1.165) is 39.4 Å². The molecule has 23 nitrogen and oxygen atoms in total. The third-order valence-corrected chi connectivity index (χ3v) is 16.4. The number of carboxylic acid groups (broad SMARTS) is 1. The van der Waals surface area contributed by atoms with Crippen LogP contribution in [0.3, 0.4) is 0 Å². The summed E-state index contributed by atoms with van der Waals surface area (Å²) in [4.78, 5) is 109. The predicted octanol–water partition coefficient (Wildman–Crippen LogP) is 3.65. The Labute approximate surface area is 481 Å². The molecule has 2 aliphatic carbocycles. The summed E-state index contributed by atoms with van der Waals surface area (Å²) >= 11 is 0.785. The number of carbonyl (C=O) groups is 8. The van der Waals surface area contributed by atoms with Gasteiger partial charge in [0, 0.05) is 85.3 Å². The van der Waals surface area contributed by atoms with Crippen LogP contribution < -0.4 is 26.1 Å². The average molecular weight is 1160 g/mol. The molecule has 83 heavy (non-hydrogen) atoms. The summed E-state index contributed by atoms with van der Waals surface area (Å²) in [7, 11) is 1.30. The number of phenols is 2. The van der Waals surface area contributed by atoms with Crippen LogP contribution in [0.25, 0.3) is 0 Å². The highest BCUT2D eigenvalue weighted by Gasteiger charge is 2.50. The molecule has 5 amide bonds. The summed E-state index contributed by atoms with van der Waals surface area (Å²) in [5.74, 6) is -7.77. The molecular weight excluding hydrogens is 1100 g/mol. The molecule has 0 radical (unpaired) electrons. The van der Waals surface area contributed by atoms with Crippen LogP contribution in [0.2, 0.25) is 0 Å². The summed E-state index contributed by atoms with van der Waals surface area (Å²) in [6, 6.07) is 17.0. The fraction of sp³-hybridized carbons (Fsp3) is 0.407. The number of methoxy groups -OCH3 is 1. The first-order valence-electron chi connectivity index (χ1n) is 27.0. The number of aliphatic hydroxyl groups excluding tert-OH is 2. The van der Waals surface area contributed by atoms with E-state index in [1.807, 2.05) is 62.4 Å². The molecule has 1 saturated heterocycles. The highest BCUT2D eigenvalue weighted by Crippen LogP contribution is 2.53. The van der Waals surface area contributed by atoms with Gasteiger partial charge in [-0.05, 0) is 62.4 Å². The lowest BCUT2D eigenvalue weighted by Crippen LogP contribution is -2.53. The molecule has 0 aromatic heterocycles. The summed E-state index contributed by atoms with van der Waals surface area (Å²) in [5.41, 5.74) is 7.55. The number of phenolic OH excluding ortho intramolecular Hbond substituents is 2. The standard InChI is InChI=1S/C59H66N6O17S/c1-30-13-7-9-15-33(30)27-65(38-17-10-8-14-31(38)2)45(69)21-20-43(67)61-37(58(77)78)29-83-41-24-46(70)64(57(41)76)22-11-5-6-19-44(68)63-62-42(28-66)59(79)25-35-49(40(26-59)82-47-23-36(60)52(71)32(3)81-47)56(75)51-50(54(35)73)53(72)34-16-12-18-39(80-4)48(34)55(51)74/h7-10,12-18,24,32,36-37,40,47,52,66,71,73,75,79H,5-6,11,19-23,25-29,60H2,1-4H3,(H,61,67)(H,63,68)(H,77,78)/b62-42-/t32-,36-,37?,40-,47-,52+,59-/m1/s1. The number of thioether (sulfide) groups is 1. The zero-order valence-corrected chi connectivity index (χ0v) is 46.9. The number of nitrogens with two attached hydrogens (primary N) is 1. The summed E-state index contributed by atoms with van der Waals surface area (Å²) in [5, 5.41) is 73.8. The van der Waals surface area contributed by atoms with Crippen LogP contribution in [-0.2, 0) is 51.2 Å². The second kappa shape index (κ2) is 26.2. The van der Waals surface area contributed by atoms with E-state index in [9.17, 15) is 69.0 Å². The van der Waals surface area contributed by atoms with Gasteiger partial charge in [0.1, 0.15) is 28.9 Å². The third kappa shape index (κ3) is 13.2. The summed E-state index contributed by atoms with van der Waals surface area (Å²) in [6.45, 7) is 4.64. The van der Waals surface area contributed by atoms with E-state index in [1.54, 1.807) is 11.8 Å². The van der Waals surface area contributed by atoms with Crippen LogP contribution in [0.1, 0.15) is 124 Å². The van der Waals surface area contributed by atoms with Crippen molar-refractivity contribution < 1.29 is 83.2 Å². The van der Waals surface area contributed by atoms with E-state index in [-0.39, 0.29) is 96.2 Å². The number of aromatic hydroxyl groups is 2. The number of carbonyl (C=O) groups excluding carboxylic acids is 7. The number of hydrogen-bond acceptors (Lipinski definition) is 19. The normalized spacial score (nSPS) is 21.6. The van der Waals surface area contributed by atoms with Gasteiger partial charge in [-0.15, -0.1) is 11.8 Å². The molecule has 440 valence electrons. The Morgan fingerprint density at radius 1 is 0.904 bits per heavy atom. The van der Waals surface area contributed by atoms with Crippen LogP contribution in [0.5, 0.6) is 17.2 Å². The van der Waals surface area contributed by atoms with Crippen LogP contribution in [0.4, 0.5) is 5.69 Å². The number of hydrazone groups is 1. The Morgan fingerprint density at radius 2 is 1.61 bits per heavy atom. The Morgan fingerprint density at radius 3 is 2.30 bits per heavy atom. The fourth-order valence-corrected chi connectivity index (χ4v) is 11.7. The number of amides is 5. The van der Waals surface area contributed by atoms with Crippen LogP contribution in [0.15, 0.2) is 82.8 Å². The Kier molecular flexibility index (Phi) is 19.3. The number of ether oxygens (including phenoxy) is 3. The van der Waals surface area contributed by atoms with Crippen molar-refractivity contribution in [3.8, 4) is 17.2 Å². The number of rotatable bonds is 23. The van der Waals surface area contributed by atoms with Gasteiger partial charge in [-0.2, -0.15) is 5.10 Å². The highest BCUT2D eigenvalue weighted by molar-refractivity contribution is 8.04. The molecule has 2 aliphatic heterocycles. The number of hydrogen-bond donors (Lipinski definition) is 9. The number of ketones is 2. The molecule has 4 aromatic rings. The zero-order valence-electron chi connectivity index (χ0n) is 46.1. The van der Waals surface area contributed by atoms with E-state index >= 15 is 0 Å². The van der Waals surface area contributed by atoms with Crippen molar-refractivity contribution in [3.05, 3.63) is 128 Å². The number of para-hydroxylation sites is 1. The zero-order chi connectivity index (χ0) is 60.0. The maximum atomic E-state index is 14.1. The average Bonchev–Trinajstić information content (AvgIpc) is 1.59. The number of fused-ring (bicyclic) bond motifs is 3. The maximum absolute atomic E-state index is 14.1. The summed E-state index contributed by atoms with van der Waals surface area (Å²) in [6.07, 6.45) is -4.44. The summed E-state index contributed by atoms with van der Waals surface area (Å²) < 4.78 is 17.5. The van der Waals surface area contributed by atoms with Gasteiger partial charge < -0.3 is 60.8 Å². The van der Waals surface area contributed by atoms with Gasteiger partial charge in [-0.25, -0.2) is 10.2 Å². The van der Waals surface area contributed by atoms with E-state index in [0.29, 0.717) is 12.1 Å². The smallest absolute Gasteiger partial charge is 0.327 e. The lowest BCUT2D eigenvalue weighted by atomic mass is 9.71. The van der Waals surface area contributed by atoms with E-state index in [4.69, 9.17) is 19.9 Å². The molecule has 24 heteroatoms. The van der Waals surface area contributed by atoms with Crippen molar-refractivity contribution >= 4 is 70.2 Å². The first-order chi connectivity index (χ1) is 39.6. The minimum Gasteiger partial charge on any atom is -0.507 e. The molecular formula is C59H66N6O17S. The Bertz CT molecular complexity index is 3300. The monoisotopic (exact) mass is 1160 g/mol. The number of carboxylic acids is 1. The molecule has 0 bridgehead atoms. The van der Waals surface area contributed by atoms with Gasteiger partial charge in [-0.1, -0.05) is 61.0 Å². The molecule has 1 fully saturated rings. The number of aryl methyl sites for hydroxylation is 2.